The van der Waals surface area contributed by atoms with Gasteiger partial charge in [-0.25, -0.2) is 0 Å². The zero-order valence-electron chi connectivity index (χ0n) is 7.97. The van der Waals surface area contributed by atoms with E-state index >= 15 is 0 Å². The molecule has 1 saturated heterocycles. The summed E-state index contributed by atoms with van der Waals surface area (Å²) in [6, 6.07) is -1.04. The third-order valence-corrected chi connectivity index (χ3v) is 2.36. The Balaban J connectivity index is 2.54. The van der Waals surface area contributed by atoms with Crippen LogP contribution >= 0.6 is 0 Å². The van der Waals surface area contributed by atoms with Crippen LogP contribution in [0.4, 0.5) is 0 Å². The van der Waals surface area contributed by atoms with Gasteiger partial charge in [-0.1, -0.05) is 0 Å². The Morgan fingerprint density at radius 1 is 1.50 bits per heavy atom. The molecule has 1 fully saturated rings. The van der Waals surface area contributed by atoms with E-state index in [-0.39, 0.29) is 12.5 Å². The molecular weight excluding hydrogens is 188 g/mol. The van der Waals surface area contributed by atoms with Crippen LogP contribution in [0.1, 0.15) is 6.92 Å². The molecule has 14 heavy (non-hydrogen) atoms. The topological polar surface area (TPSA) is 102 Å². The SMILES string of the molecule is CC(=O)N[C@@H]1CN[C@H](CO)[C@@H](O)[C@@H]1O. The summed E-state index contributed by atoms with van der Waals surface area (Å²) in [4.78, 5) is 10.7. The van der Waals surface area contributed by atoms with Crippen molar-refractivity contribution < 1.29 is 20.1 Å². The molecule has 0 aromatic heterocycles. The van der Waals surface area contributed by atoms with Crippen molar-refractivity contribution >= 4 is 5.91 Å². The van der Waals surface area contributed by atoms with E-state index in [1.807, 2.05) is 0 Å². The Morgan fingerprint density at radius 3 is 2.64 bits per heavy atom. The number of hydrogen-bond donors (Lipinski definition) is 5. The smallest absolute Gasteiger partial charge is 0.217 e. The van der Waals surface area contributed by atoms with Gasteiger partial charge in [0.2, 0.25) is 5.91 Å². The van der Waals surface area contributed by atoms with E-state index in [0.29, 0.717) is 6.54 Å². The number of piperidine rings is 1. The Bertz CT molecular complexity index is 212. The Kier molecular flexibility index (Phi) is 3.82. The normalized spacial score (nSPS) is 38.0. The molecule has 6 heteroatoms. The van der Waals surface area contributed by atoms with Crippen molar-refractivity contribution in [2.45, 2.75) is 31.2 Å². The molecule has 0 spiro atoms. The van der Waals surface area contributed by atoms with Gasteiger partial charge in [0.25, 0.3) is 0 Å². The van der Waals surface area contributed by atoms with Gasteiger partial charge in [-0.3, -0.25) is 4.79 Å². The quantitative estimate of drug-likeness (QED) is 0.334. The van der Waals surface area contributed by atoms with Crippen LogP contribution in [0, 0.1) is 0 Å². The predicted octanol–water partition coefficient (Wildman–Crippen LogP) is -2.82. The third kappa shape index (κ3) is 2.42. The number of aliphatic hydroxyl groups is 3. The number of rotatable bonds is 2. The van der Waals surface area contributed by atoms with E-state index in [9.17, 15) is 15.0 Å². The average Bonchev–Trinajstić information content (AvgIpc) is 2.13. The van der Waals surface area contributed by atoms with E-state index in [2.05, 4.69) is 10.6 Å². The molecule has 1 heterocycles. The monoisotopic (exact) mass is 204 g/mol. The highest BCUT2D eigenvalue weighted by atomic mass is 16.3. The third-order valence-electron chi connectivity index (χ3n) is 2.36. The molecule has 1 aliphatic rings. The second-order valence-electron chi connectivity index (χ2n) is 3.49. The molecule has 0 bridgehead atoms. The first-order valence-electron chi connectivity index (χ1n) is 4.53. The molecule has 1 amide bonds. The van der Waals surface area contributed by atoms with Crippen molar-refractivity contribution in [2.75, 3.05) is 13.2 Å². The number of carbonyl (C=O) groups is 1. The molecular formula is C8H16N2O4. The van der Waals surface area contributed by atoms with Crippen molar-refractivity contribution in [1.29, 1.82) is 0 Å². The fourth-order valence-electron chi connectivity index (χ4n) is 1.57. The molecule has 82 valence electrons. The molecule has 1 aliphatic heterocycles. The summed E-state index contributed by atoms with van der Waals surface area (Å²) in [5.41, 5.74) is 0. The van der Waals surface area contributed by atoms with E-state index in [1.165, 1.54) is 6.92 Å². The maximum Gasteiger partial charge on any atom is 0.217 e. The van der Waals surface area contributed by atoms with Crippen LogP contribution < -0.4 is 10.6 Å². The maximum absolute atomic E-state index is 10.7. The summed E-state index contributed by atoms with van der Waals surface area (Å²) in [6.07, 6.45) is -2.11. The summed E-state index contributed by atoms with van der Waals surface area (Å²) in [6.45, 7) is 1.44. The zero-order chi connectivity index (χ0) is 10.7. The van der Waals surface area contributed by atoms with Gasteiger partial charge in [0.05, 0.1) is 24.8 Å². The van der Waals surface area contributed by atoms with Crippen LogP contribution in [0.25, 0.3) is 0 Å². The average molecular weight is 204 g/mol. The van der Waals surface area contributed by atoms with Crippen LogP contribution in [-0.2, 0) is 4.79 Å². The molecule has 0 radical (unpaired) electrons. The number of amides is 1. The lowest BCUT2D eigenvalue weighted by atomic mass is 9.94. The van der Waals surface area contributed by atoms with Crippen LogP contribution in [0.5, 0.6) is 0 Å². The highest BCUT2D eigenvalue weighted by Crippen LogP contribution is 2.10. The minimum absolute atomic E-state index is 0.245. The predicted molar refractivity (Wildman–Crippen MR) is 48.5 cm³/mol. The van der Waals surface area contributed by atoms with Crippen molar-refractivity contribution in [1.82, 2.24) is 10.6 Å². The number of nitrogens with one attached hydrogen (secondary N) is 2. The number of aliphatic hydroxyl groups excluding tert-OH is 3. The van der Waals surface area contributed by atoms with E-state index in [1.54, 1.807) is 0 Å². The second-order valence-corrected chi connectivity index (χ2v) is 3.49. The molecule has 1 rings (SSSR count). The van der Waals surface area contributed by atoms with Gasteiger partial charge in [0.1, 0.15) is 6.10 Å². The van der Waals surface area contributed by atoms with Gasteiger partial charge in [0, 0.05) is 13.5 Å². The summed E-state index contributed by atoms with van der Waals surface area (Å²) in [7, 11) is 0. The number of hydrogen-bond acceptors (Lipinski definition) is 5. The standard InChI is InChI=1S/C8H16N2O4/c1-4(12)10-5-2-9-6(3-11)8(14)7(5)13/h5-9,11,13-14H,2-3H2,1H3,(H,10,12)/t5-,6-,7-,8-/m1/s1. The zero-order valence-corrected chi connectivity index (χ0v) is 7.97. The lowest BCUT2D eigenvalue weighted by Gasteiger charge is -2.37. The molecule has 0 unspecified atom stereocenters. The summed E-state index contributed by atoms with van der Waals surface area (Å²) >= 11 is 0. The second kappa shape index (κ2) is 4.70. The molecule has 0 aromatic rings. The Labute approximate surface area is 81.9 Å². The van der Waals surface area contributed by atoms with Gasteiger partial charge in [-0.15, -0.1) is 0 Å². The molecule has 0 aliphatic carbocycles. The minimum atomic E-state index is -1.06. The Morgan fingerprint density at radius 2 is 2.14 bits per heavy atom. The van der Waals surface area contributed by atoms with Gasteiger partial charge >= 0.3 is 0 Å². The molecule has 6 nitrogen and oxygen atoms in total. The summed E-state index contributed by atoms with van der Waals surface area (Å²) < 4.78 is 0. The van der Waals surface area contributed by atoms with E-state index in [4.69, 9.17) is 5.11 Å². The van der Waals surface area contributed by atoms with Gasteiger partial charge in [-0.2, -0.15) is 0 Å². The van der Waals surface area contributed by atoms with Crippen LogP contribution in [-0.4, -0.2) is 58.7 Å². The van der Waals surface area contributed by atoms with Crippen molar-refractivity contribution in [2.24, 2.45) is 0 Å². The minimum Gasteiger partial charge on any atom is -0.395 e. The van der Waals surface area contributed by atoms with Crippen LogP contribution in [0.15, 0.2) is 0 Å². The lowest BCUT2D eigenvalue weighted by Crippen LogP contribution is -2.65. The van der Waals surface area contributed by atoms with Crippen molar-refractivity contribution in [3.63, 3.8) is 0 Å². The molecule has 0 saturated carbocycles. The van der Waals surface area contributed by atoms with Gasteiger partial charge in [-0.05, 0) is 0 Å². The fourth-order valence-corrected chi connectivity index (χ4v) is 1.57. The summed E-state index contributed by atoms with van der Waals surface area (Å²) in [5.74, 6) is -0.259. The highest BCUT2D eigenvalue weighted by molar-refractivity contribution is 5.73. The maximum atomic E-state index is 10.7. The van der Waals surface area contributed by atoms with Crippen LogP contribution in [0.2, 0.25) is 0 Å². The van der Waals surface area contributed by atoms with Crippen molar-refractivity contribution in [3.05, 3.63) is 0 Å². The first kappa shape index (κ1) is 11.4. The molecule has 5 N–H and O–H groups in total. The van der Waals surface area contributed by atoms with Gasteiger partial charge in [0.15, 0.2) is 0 Å². The highest BCUT2D eigenvalue weighted by Gasteiger charge is 2.36. The van der Waals surface area contributed by atoms with Gasteiger partial charge < -0.3 is 26.0 Å². The van der Waals surface area contributed by atoms with Crippen molar-refractivity contribution in [3.8, 4) is 0 Å². The van der Waals surface area contributed by atoms with Crippen LogP contribution in [0.3, 0.4) is 0 Å². The largest absolute Gasteiger partial charge is 0.395 e. The van der Waals surface area contributed by atoms with E-state index in [0.717, 1.165) is 0 Å². The molecule has 4 atom stereocenters. The first-order chi connectivity index (χ1) is 6.56. The first-order valence-corrected chi connectivity index (χ1v) is 4.53. The molecule has 0 aromatic carbocycles. The lowest BCUT2D eigenvalue weighted by molar-refractivity contribution is -0.122. The fraction of sp³-hybridized carbons (Fsp3) is 0.875. The van der Waals surface area contributed by atoms with E-state index < -0.39 is 24.3 Å². The number of carbonyl (C=O) groups excluding carboxylic acids is 1. The Hall–Kier alpha value is -0.690. The summed E-state index contributed by atoms with van der Waals surface area (Å²) in [5, 5.41) is 33.2.